The number of likely N-dealkylation sites (tertiary alicyclic amines) is 1. The summed E-state index contributed by atoms with van der Waals surface area (Å²) in [6.45, 7) is 4.94. The number of carbonyl (C=O) groups excluding carboxylic acids is 2. The number of piperazine rings is 1. The van der Waals surface area contributed by atoms with E-state index in [1.165, 1.54) is 23.4 Å². The Morgan fingerprint density at radius 3 is 2.39 bits per heavy atom. The molecule has 0 radical (unpaired) electrons. The standard InChI is InChI=1S/C23H30N4O5S/c1-18(28)25-11-13-27(14-12-25)33(30,31)20-7-4-6-19(16-20)23(29)24-17-21(22-8-5-15-32-22)26-9-2-3-10-26/h4-8,15-16,21H,2-3,9-14,17H2,1H3,(H,24,29)/t21-/m1/s1. The van der Waals surface area contributed by atoms with E-state index >= 15 is 0 Å². The molecule has 9 nitrogen and oxygen atoms in total. The van der Waals surface area contributed by atoms with Crippen LogP contribution in [0.2, 0.25) is 0 Å². The fraction of sp³-hybridized carbons (Fsp3) is 0.478. The quantitative estimate of drug-likeness (QED) is 0.655. The molecule has 2 aliphatic heterocycles. The zero-order valence-corrected chi connectivity index (χ0v) is 19.6. The zero-order chi connectivity index (χ0) is 23.4. The normalized spacial score (nSPS) is 18.9. The Labute approximate surface area is 194 Å². The average Bonchev–Trinajstić information content (AvgIpc) is 3.54. The van der Waals surface area contributed by atoms with Crippen molar-refractivity contribution in [1.82, 2.24) is 19.4 Å². The molecule has 0 aliphatic carbocycles. The van der Waals surface area contributed by atoms with Crippen LogP contribution in [0.1, 0.15) is 41.9 Å². The minimum absolute atomic E-state index is 0.0593. The summed E-state index contributed by atoms with van der Waals surface area (Å²) in [7, 11) is -3.75. The molecule has 178 valence electrons. The van der Waals surface area contributed by atoms with E-state index < -0.39 is 10.0 Å². The van der Waals surface area contributed by atoms with Gasteiger partial charge in [-0.2, -0.15) is 4.31 Å². The third-order valence-corrected chi connectivity index (χ3v) is 8.22. The molecule has 0 saturated carbocycles. The number of nitrogens with zero attached hydrogens (tertiary/aromatic N) is 3. The molecule has 10 heteroatoms. The Balaban J connectivity index is 1.43. The fourth-order valence-electron chi connectivity index (χ4n) is 4.43. The number of hydrogen-bond acceptors (Lipinski definition) is 6. The SMILES string of the molecule is CC(=O)N1CCN(S(=O)(=O)c2cccc(C(=O)NC[C@H](c3ccco3)N3CCCC3)c2)CC1. The first-order valence-electron chi connectivity index (χ1n) is 11.3. The zero-order valence-electron chi connectivity index (χ0n) is 18.8. The van der Waals surface area contributed by atoms with Crippen LogP contribution in [-0.2, 0) is 14.8 Å². The molecular weight excluding hydrogens is 444 g/mol. The largest absolute Gasteiger partial charge is 0.468 e. The Hall–Kier alpha value is -2.69. The van der Waals surface area contributed by atoms with E-state index in [1.807, 2.05) is 12.1 Å². The lowest BCUT2D eigenvalue weighted by Crippen LogP contribution is -2.49. The van der Waals surface area contributed by atoms with Crippen LogP contribution in [-0.4, -0.2) is 80.2 Å². The van der Waals surface area contributed by atoms with Gasteiger partial charge in [0.05, 0.1) is 17.2 Å². The van der Waals surface area contributed by atoms with Gasteiger partial charge in [-0.3, -0.25) is 14.5 Å². The van der Waals surface area contributed by atoms with Crippen molar-refractivity contribution >= 4 is 21.8 Å². The average molecular weight is 475 g/mol. The molecule has 3 heterocycles. The molecule has 33 heavy (non-hydrogen) atoms. The molecule has 0 spiro atoms. The van der Waals surface area contributed by atoms with Crippen LogP contribution < -0.4 is 5.32 Å². The summed E-state index contributed by atoms with van der Waals surface area (Å²) in [4.78, 5) is 28.4. The van der Waals surface area contributed by atoms with Crippen LogP contribution >= 0.6 is 0 Å². The van der Waals surface area contributed by atoms with Crippen LogP contribution in [0.15, 0.2) is 52.0 Å². The van der Waals surface area contributed by atoms with Crippen LogP contribution in [0.5, 0.6) is 0 Å². The highest BCUT2D eigenvalue weighted by atomic mass is 32.2. The Morgan fingerprint density at radius 1 is 1.03 bits per heavy atom. The minimum atomic E-state index is -3.75. The van der Waals surface area contributed by atoms with Gasteiger partial charge < -0.3 is 14.6 Å². The van der Waals surface area contributed by atoms with Crippen molar-refractivity contribution in [3.8, 4) is 0 Å². The molecule has 1 aromatic heterocycles. The second-order valence-electron chi connectivity index (χ2n) is 8.42. The first-order chi connectivity index (χ1) is 15.9. The van der Waals surface area contributed by atoms with Crippen LogP contribution in [0, 0.1) is 0 Å². The number of rotatable bonds is 7. The maximum Gasteiger partial charge on any atom is 0.251 e. The van der Waals surface area contributed by atoms with Crippen LogP contribution in [0.25, 0.3) is 0 Å². The summed E-state index contributed by atoms with van der Waals surface area (Å²) in [6, 6.07) is 9.80. The van der Waals surface area contributed by atoms with Gasteiger partial charge in [-0.15, -0.1) is 0 Å². The summed E-state index contributed by atoms with van der Waals surface area (Å²) < 4.78 is 33.2. The number of carbonyl (C=O) groups is 2. The van der Waals surface area contributed by atoms with Gasteiger partial charge in [0, 0.05) is 45.2 Å². The predicted molar refractivity (Wildman–Crippen MR) is 122 cm³/mol. The van der Waals surface area contributed by atoms with E-state index in [0.29, 0.717) is 19.6 Å². The van der Waals surface area contributed by atoms with Crippen molar-refractivity contribution in [3.63, 3.8) is 0 Å². The molecule has 2 aliphatic rings. The number of furan rings is 1. The third kappa shape index (κ3) is 5.29. The number of benzene rings is 1. The van der Waals surface area contributed by atoms with Crippen molar-refractivity contribution in [3.05, 3.63) is 54.0 Å². The lowest BCUT2D eigenvalue weighted by Gasteiger charge is -2.33. The molecule has 2 fully saturated rings. The third-order valence-electron chi connectivity index (χ3n) is 6.33. The first-order valence-corrected chi connectivity index (χ1v) is 12.7. The predicted octanol–water partition coefficient (Wildman–Crippen LogP) is 1.70. The second kappa shape index (κ2) is 10.1. The molecule has 1 aromatic carbocycles. The van der Waals surface area contributed by atoms with Gasteiger partial charge in [-0.25, -0.2) is 8.42 Å². The van der Waals surface area contributed by atoms with Gasteiger partial charge in [-0.1, -0.05) is 6.07 Å². The molecule has 0 bridgehead atoms. The van der Waals surface area contributed by atoms with Gasteiger partial charge in [0.2, 0.25) is 15.9 Å². The molecule has 2 amide bonds. The highest BCUT2D eigenvalue weighted by Crippen LogP contribution is 2.25. The van der Waals surface area contributed by atoms with Gasteiger partial charge >= 0.3 is 0 Å². The van der Waals surface area contributed by atoms with Crippen molar-refractivity contribution in [1.29, 1.82) is 0 Å². The van der Waals surface area contributed by atoms with E-state index in [9.17, 15) is 18.0 Å². The summed E-state index contributed by atoms with van der Waals surface area (Å²) in [5.74, 6) is 0.412. The molecular formula is C23H30N4O5S. The van der Waals surface area contributed by atoms with E-state index in [0.717, 1.165) is 31.7 Å². The Bertz CT molecular complexity index is 1070. The molecule has 1 N–H and O–H groups in total. The smallest absolute Gasteiger partial charge is 0.251 e. The van der Waals surface area contributed by atoms with Gasteiger partial charge in [0.1, 0.15) is 5.76 Å². The van der Waals surface area contributed by atoms with Gasteiger partial charge in [0.15, 0.2) is 0 Å². The minimum Gasteiger partial charge on any atom is -0.468 e. The van der Waals surface area contributed by atoms with Crippen molar-refractivity contribution in [2.75, 3.05) is 45.8 Å². The topological polar surface area (TPSA) is 103 Å². The number of nitrogens with one attached hydrogen (secondary N) is 1. The maximum absolute atomic E-state index is 13.1. The van der Waals surface area contributed by atoms with E-state index in [4.69, 9.17) is 4.42 Å². The number of amides is 2. The lowest BCUT2D eigenvalue weighted by atomic mass is 10.1. The fourth-order valence-corrected chi connectivity index (χ4v) is 5.89. The van der Waals surface area contributed by atoms with Crippen molar-refractivity contribution in [2.24, 2.45) is 0 Å². The van der Waals surface area contributed by atoms with Gasteiger partial charge in [-0.05, 0) is 56.3 Å². The second-order valence-corrected chi connectivity index (χ2v) is 10.4. The van der Waals surface area contributed by atoms with E-state index in [2.05, 4.69) is 10.2 Å². The lowest BCUT2D eigenvalue weighted by molar-refractivity contribution is -0.129. The van der Waals surface area contributed by atoms with Crippen molar-refractivity contribution < 1.29 is 22.4 Å². The van der Waals surface area contributed by atoms with Gasteiger partial charge in [0.25, 0.3) is 5.91 Å². The first kappa shape index (κ1) is 23.5. The molecule has 4 rings (SSSR count). The maximum atomic E-state index is 13.1. The highest BCUT2D eigenvalue weighted by Gasteiger charge is 2.30. The number of hydrogen-bond donors (Lipinski definition) is 1. The summed E-state index contributed by atoms with van der Waals surface area (Å²) in [5, 5.41) is 2.95. The molecule has 2 aromatic rings. The Morgan fingerprint density at radius 2 is 1.76 bits per heavy atom. The Kier molecular flexibility index (Phi) is 7.16. The van der Waals surface area contributed by atoms with Crippen LogP contribution in [0.3, 0.4) is 0 Å². The molecule has 2 saturated heterocycles. The van der Waals surface area contributed by atoms with Crippen molar-refractivity contribution in [2.45, 2.75) is 30.7 Å². The monoisotopic (exact) mass is 474 g/mol. The molecule has 0 unspecified atom stereocenters. The van der Waals surface area contributed by atoms with E-state index in [-0.39, 0.29) is 41.4 Å². The summed E-state index contributed by atoms with van der Waals surface area (Å²) in [5.41, 5.74) is 0.290. The summed E-state index contributed by atoms with van der Waals surface area (Å²) >= 11 is 0. The summed E-state index contributed by atoms with van der Waals surface area (Å²) in [6.07, 6.45) is 3.86. The van der Waals surface area contributed by atoms with E-state index in [1.54, 1.807) is 23.3 Å². The molecule has 1 atom stereocenters. The highest BCUT2D eigenvalue weighted by molar-refractivity contribution is 7.89. The number of sulfonamides is 1. The van der Waals surface area contributed by atoms with Crippen LogP contribution in [0.4, 0.5) is 0 Å².